The van der Waals surface area contributed by atoms with E-state index in [2.05, 4.69) is 53.8 Å². The minimum Gasteiger partial charge on any atom is -0.497 e. The third kappa shape index (κ3) is 5.10. The summed E-state index contributed by atoms with van der Waals surface area (Å²) in [6.45, 7) is 2.32. The zero-order valence-electron chi connectivity index (χ0n) is 14.4. The van der Waals surface area contributed by atoms with Crippen LogP contribution in [0.2, 0.25) is 0 Å². The van der Waals surface area contributed by atoms with E-state index in [0.29, 0.717) is 6.61 Å². The first-order valence-corrected chi connectivity index (χ1v) is 8.47. The predicted octanol–water partition coefficient (Wildman–Crippen LogP) is 4.53. The average molecular weight is 333 g/mol. The highest BCUT2D eigenvalue weighted by Crippen LogP contribution is 2.24. The minimum atomic E-state index is 0.648. The molecular formula is C22H23NO2. The molecule has 0 aromatic heterocycles. The van der Waals surface area contributed by atoms with Gasteiger partial charge >= 0.3 is 0 Å². The van der Waals surface area contributed by atoms with Crippen LogP contribution in [-0.2, 0) is 6.54 Å². The summed E-state index contributed by atoms with van der Waals surface area (Å²) < 4.78 is 11.0. The van der Waals surface area contributed by atoms with Crippen molar-refractivity contribution < 1.29 is 9.47 Å². The van der Waals surface area contributed by atoms with Gasteiger partial charge in [-0.2, -0.15) is 0 Å². The van der Waals surface area contributed by atoms with Gasteiger partial charge in [0.1, 0.15) is 18.1 Å². The normalized spacial score (nSPS) is 10.4. The maximum atomic E-state index is 5.79. The van der Waals surface area contributed by atoms with Crippen molar-refractivity contribution in [2.45, 2.75) is 6.54 Å². The molecule has 0 amide bonds. The van der Waals surface area contributed by atoms with E-state index in [4.69, 9.17) is 9.47 Å². The Morgan fingerprint density at radius 2 is 1.32 bits per heavy atom. The van der Waals surface area contributed by atoms with Crippen LogP contribution >= 0.6 is 0 Å². The largest absolute Gasteiger partial charge is 0.497 e. The van der Waals surface area contributed by atoms with Gasteiger partial charge in [-0.1, -0.05) is 54.6 Å². The molecule has 3 rings (SSSR count). The molecule has 0 atom stereocenters. The molecule has 3 aromatic rings. The smallest absolute Gasteiger partial charge is 0.119 e. The second-order valence-electron chi connectivity index (χ2n) is 5.76. The van der Waals surface area contributed by atoms with E-state index in [0.717, 1.165) is 35.7 Å². The Balaban J connectivity index is 1.44. The second-order valence-corrected chi connectivity index (χ2v) is 5.76. The van der Waals surface area contributed by atoms with Crippen LogP contribution in [-0.4, -0.2) is 20.3 Å². The van der Waals surface area contributed by atoms with Crippen LogP contribution in [0.25, 0.3) is 11.1 Å². The summed E-state index contributed by atoms with van der Waals surface area (Å²) in [6, 6.07) is 26.6. The lowest BCUT2D eigenvalue weighted by atomic mass is 10.1. The zero-order valence-corrected chi connectivity index (χ0v) is 14.4. The molecule has 0 aliphatic heterocycles. The van der Waals surface area contributed by atoms with Crippen molar-refractivity contribution in [2.75, 3.05) is 20.3 Å². The molecule has 25 heavy (non-hydrogen) atoms. The Morgan fingerprint density at radius 3 is 1.92 bits per heavy atom. The van der Waals surface area contributed by atoms with Crippen molar-refractivity contribution >= 4 is 0 Å². The Morgan fingerprint density at radius 1 is 0.720 bits per heavy atom. The van der Waals surface area contributed by atoms with Gasteiger partial charge in [-0.25, -0.2) is 0 Å². The summed E-state index contributed by atoms with van der Waals surface area (Å²) in [6.07, 6.45) is 0. The van der Waals surface area contributed by atoms with Crippen LogP contribution in [0.4, 0.5) is 0 Å². The summed E-state index contributed by atoms with van der Waals surface area (Å²) in [5.74, 6) is 1.76. The molecule has 0 aliphatic rings. The van der Waals surface area contributed by atoms with Crippen molar-refractivity contribution in [2.24, 2.45) is 0 Å². The average Bonchev–Trinajstić information content (AvgIpc) is 2.69. The Hall–Kier alpha value is -2.78. The lowest BCUT2D eigenvalue weighted by Gasteiger charge is -2.09. The van der Waals surface area contributed by atoms with Crippen molar-refractivity contribution in [1.82, 2.24) is 5.32 Å². The fourth-order valence-electron chi connectivity index (χ4n) is 2.60. The Kier molecular flexibility index (Phi) is 6.07. The van der Waals surface area contributed by atoms with Gasteiger partial charge in [-0.05, 0) is 41.0 Å². The van der Waals surface area contributed by atoms with Crippen LogP contribution in [0.3, 0.4) is 0 Å². The molecule has 3 aromatic carbocycles. The summed E-state index contributed by atoms with van der Waals surface area (Å²) in [7, 11) is 1.68. The van der Waals surface area contributed by atoms with Gasteiger partial charge in [0.15, 0.2) is 0 Å². The van der Waals surface area contributed by atoms with Gasteiger partial charge in [0.2, 0.25) is 0 Å². The fourth-order valence-corrected chi connectivity index (χ4v) is 2.60. The summed E-state index contributed by atoms with van der Waals surface area (Å²) in [5, 5.41) is 3.38. The molecule has 1 N–H and O–H groups in total. The molecule has 0 bridgehead atoms. The van der Waals surface area contributed by atoms with Crippen molar-refractivity contribution in [3.8, 4) is 22.6 Å². The van der Waals surface area contributed by atoms with Gasteiger partial charge in [-0.15, -0.1) is 0 Å². The molecule has 0 saturated heterocycles. The monoisotopic (exact) mass is 333 g/mol. The molecule has 3 nitrogen and oxygen atoms in total. The third-order valence-corrected chi connectivity index (χ3v) is 4.00. The summed E-state index contributed by atoms with van der Waals surface area (Å²) in [4.78, 5) is 0. The standard InChI is InChI=1S/C22H23NO2/c1-24-21-11-7-19(8-12-21)20-9-13-22(14-10-20)25-16-15-23-17-18-5-3-2-4-6-18/h2-14,23H,15-17H2,1H3. The van der Waals surface area contributed by atoms with E-state index in [1.54, 1.807) is 7.11 Å². The predicted molar refractivity (Wildman–Crippen MR) is 102 cm³/mol. The highest BCUT2D eigenvalue weighted by atomic mass is 16.5. The first kappa shape index (κ1) is 17.1. The molecule has 0 saturated carbocycles. The Labute approximate surface area is 149 Å². The fraction of sp³-hybridized carbons (Fsp3) is 0.182. The SMILES string of the molecule is COc1ccc(-c2ccc(OCCNCc3ccccc3)cc2)cc1. The van der Waals surface area contributed by atoms with Crippen molar-refractivity contribution in [3.05, 3.63) is 84.4 Å². The highest BCUT2D eigenvalue weighted by molar-refractivity contribution is 5.64. The lowest BCUT2D eigenvalue weighted by Crippen LogP contribution is -2.20. The molecule has 0 aliphatic carbocycles. The molecular weight excluding hydrogens is 310 g/mol. The number of rotatable bonds is 8. The molecule has 0 spiro atoms. The third-order valence-electron chi connectivity index (χ3n) is 4.00. The molecule has 0 radical (unpaired) electrons. The summed E-state index contributed by atoms with van der Waals surface area (Å²) in [5.41, 5.74) is 3.61. The number of benzene rings is 3. The number of hydrogen-bond acceptors (Lipinski definition) is 3. The van der Waals surface area contributed by atoms with E-state index in [-0.39, 0.29) is 0 Å². The first-order chi connectivity index (χ1) is 12.3. The molecule has 0 fully saturated rings. The lowest BCUT2D eigenvalue weighted by molar-refractivity contribution is 0.313. The first-order valence-electron chi connectivity index (χ1n) is 8.47. The van der Waals surface area contributed by atoms with E-state index in [1.807, 2.05) is 30.3 Å². The molecule has 0 unspecified atom stereocenters. The van der Waals surface area contributed by atoms with E-state index < -0.39 is 0 Å². The van der Waals surface area contributed by atoms with Gasteiger partial charge in [0, 0.05) is 13.1 Å². The van der Waals surface area contributed by atoms with Gasteiger partial charge in [0.05, 0.1) is 7.11 Å². The molecule has 0 heterocycles. The zero-order chi connectivity index (χ0) is 17.3. The van der Waals surface area contributed by atoms with Crippen molar-refractivity contribution in [3.63, 3.8) is 0 Å². The number of nitrogens with one attached hydrogen (secondary N) is 1. The van der Waals surface area contributed by atoms with E-state index in [9.17, 15) is 0 Å². The maximum absolute atomic E-state index is 5.79. The van der Waals surface area contributed by atoms with Crippen LogP contribution in [0.15, 0.2) is 78.9 Å². The maximum Gasteiger partial charge on any atom is 0.119 e. The second kappa shape index (κ2) is 8.90. The van der Waals surface area contributed by atoms with Crippen LogP contribution in [0.1, 0.15) is 5.56 Å². The van der Waals surface area contributed by atoms with E-state index >= 15 is 0 Å². The topological polar surface area (TPSA) is 30.5 Å². The quantitative estimate of drug-likeness (QED) is 0.614. The number of hydrogen-bond donors (Lipinski definition) is 1. The van der Waals surface area contributed by atoms with Crippen LogP contribution < -0.4 is 14.8 Å². The van der Waals surface area contributed by atoms with Gasteiger partial charge in [-0.3, -0.25) is 0 Å². The van der Waals surface area contributed by atoms with Crippen LogP contribution in [0, 0.1) is 0 Å². The van der Waals surface area contributed by atoms with Gasteiger partial charge < -0.3 is 14.8 Å². The summed E-state index contributed by atoms with van der Waals surface area (Å²) >= 11 is 0. The van der Waals surface area contributed by atoms with Gasteiger partial charge in [0.25, 0.3) is 0 Å². The minimum absolute atomic E-state index is 0.648. The number of ether oxygens (including phenoxy) is 2. The Bertz CT molecular complexity index is 752. The highest BCUT2D eigenvalue weighted by Gasteiger charge is 2.00. The van der Waals surface area contributed by atoms with Crippen LogP contribution in [0.5, 0.6) is 11.5 Å². The molecule has 128 valence electrons. The molecule has 3 heteroatoms. The van der Waals surface area contributed by atoms with E-state index in [1.165, 1.54) is 5.56 Å². The van der Waals surface area contributed by atoms with Crippen molar-refractivity contribution in [1.29, 1.82) is 0 Å². The number of methoxy groups -OCH3 is 1.